The van der Waals surface area contributed by atoms with Gasteiger partial charge in [0.05, 0.1) is 25.4 Å². The summed E-state index contributed by atoms with van der Waals surface area (Å²) in [5, 5.41) is 23.2. The summed E-state index contributed by atoms with van der Waals surface area (Å²) in [6, 6.07) is -0.640. The molecule has 3 N–H and O–H groups in total. The second-order valence-electron chi connectivity index (χ2n) is 19.3. The number of ether oxygens (including phenoxy) is 1. The molecule has 6 nitrogen and oxygen atoms in total. The first-order chi connectivity index (χ1) is 31.0. The smallest absolute Gasteiger partial charge is 0.305 e. The molecule has 0 aliphatic heterocycles. The van der Waals surface area contributed by atoms with E-state index in [9.17, 15) is 19.8 Å². The SMILES string of the molecule is CCCC/C=C\CCCCCCCC(=O)OCCCCCCCCCCCCCCC(=O)NC(CO)C(O)/C=C/CCCCCCCCCCCCCCCCCCCCCCC. The van der Waals surface area contributed by atoms with Crippen LogP contribution in [0.1, 0.15) is 303 Å². The van der Waals surface area contributed by atoms with Crippen molar-refractivity contribution in [3.63, 3.8) is 0 Å². The Morgan fingerprint density at radius 1 is 0.429 bits per heavy atom. The van der Waals surface area contributed by atoms with Gasteiger partial charge in [0.15, 0.2) is 0 Å². The highest BCUT2D eigenvalue weighted by atomic mass is 16.5. The Morgan fingerprint density at radius 3 is 1.17 bits per heavy atom. The van der Waals surface area contributed by atoms with Crippen molar-refractivity contribution >= 4 is 11.9 Å². The van der Waals surface area contributed by atoms with Crippen molar-refractivity contribution < 1.29 is 24.5 Å². The third-order valence-corrected chi connectivity index (χ3v) is 13.0. The number of carbonyl (C=O) groups excluding carboxylic acids is 2. The standard InChI is InChI=1S/C57H109NO5/c1-3-5-7-9-11-13-15-16-17-18-19-20-21-22-23-24-25-26-30-33-37-41-45-49-55(60)54(53-59)58-56(61)50-46-42-38-34-31-27-28-32-36-40-44-48-52-63-57(62)51-47-43-39-35-29-14-12-10-8-6-4-2/h10,12,45,49,54-55,59-60H,3-9,11,13-44,46-48,50-53H2,1-2H3,(H,58,61)/b12-10-,49-45+. The molecule has 2 atom stereocenters. The van der Waals surface area contributed by atoms with Gasteiger partial charge in [-0.25, -0.2) is 0 Å². The lowest BCUT2D eigenvalue weighted by molar-refractivity contribution is -0.143. The van der Waals surface area contributed by atoms with Crippen LogP contribution in [0.15, 0.2) is 24.3 Å². The number of nitrogens with one attached hydrogen (secondary N) is 1. The number of unbranched alkanes of at least 4 members (excludes halogenated alkanes) is 39. The molecule has 0 aliphatic carbocycles. The molecule has 372 valence electrons. The average Bonchev–Trinajstić information content (AvgIpc) is 3.28. The van der Waals surface area contributed by atoms with Crippen molar-refractivity contribution in [3.05, 3.63) is 24.3 Å². The molecule has 0 heterocycles. The zero-order chi connectivity index (χ0) is 45.8. The van der Waals surface area contributed by atoms with Crippen LogP contribution in [0.25, 0.3) is 0 Å². The van der Waals surface area contributed by atoms with E-state index in [-0.39, 0.29) is 18.5 Å². The predicted octanol–water partition coefficient (Wildman–Crippen LogP) is 17.1. The lowest BCUT2D eigenvalue weighted by Crippen LogP contribution is -2.45. The monoisotopic (exact) mass is 888 g/mol. The number of esters is 1. The lowest BCUT2D eigenvalue weighted by Gasteiger charge is -2.20. The quantitative estimate of drug-likeness (QED) is 0.0321. The van der Waals surface area contributed by atoms with Gasteiger partial charge in [0, 0.05) is 12.8 Å². The Bertz CT molecular complexity index is 982. The minimum absolute atomic E-state index is 0.0215. The van der Waals surface area contributed by atoms with Crippen molar-refractivity contribution in [2.45, 2.75) is 315 Å². The van der Waals surface area contributed by atoms with Gasteiger partial charge in [-0.3, -0.25) is 9.59 Å². The van der Waals surface area contributed by atoms with E-state index in [1.54, 1.807) is 6.08 Å². The number of rotatable bonds is 52. The maximum absolute atomic E-state index is 12.5. The molecule has 2 unspecified atom stereocenters. The second kappa shape index (κ2) is 53.0. The summed E-state index contributed by atoms with van der Waals surface area (Å²) in [7, 11) is 0. The summed E-state index contributed by atoms with van der Waals surface area (Å²) in [5.74, 6) is -0.103. The fraction of sp³-hybridized carbons (Fsp3) is 0.895. The molecule has 0 aromatic heterocycles. The number of carbonyl (C=O) groups is 2. The molecule has 0 saturated heterocycles. The molecule has 0 rings (SSSR count). The van der Waals surface area contributed by atoms with Crippen LogP contribution < -0.4 is 5.32 Å². The minimum Gasteiger partial charge on any atom is -0.466 e. The van der Waals surface area contributed by atoms with Crippen molar-refractivity contribution in [2.75, 3.05) is 13.2 Å². The normalized spacial score (nSPS) is 12.8. The molecule has 0 bridgehead atoms. The van der Waals surface area contributed by atoms with E-state index >= 15 is 0 Å². The zero-order valence-electron chi connectivity index (χ0n) is 42.3. The maximum Gasteiger partial charge on any atom is 0.305 e. The number of hydrogen-bond acceptors (Lipinski definition) is 5. The molecule has 0 aromatic rings. The Labute approximate surface area is 392 Å². The predicted molar refractivity (Wildman–Crippen MR) is 273 cm³/mol. The number of aliphatic hydroxyl groups excluding tert-OH is 2. The Morgan fingerprint density at radius 2 is 0.762 bits per heavy atom. The van der Waals surface area contributed by atoms with Crippen molar-refractivity contribution in [2.24, 2.45) is 0 Å². The molecule has 1 amide bonds. The molecule has 0 spiro atoms. The molecule has 0 saturated carbocycles. The Hall–Kier alpha value is -1.66. The molecule has 0 aliphatic rings. The lowest BCUT2D eigenvalue weighted by atomic mass is 10.0. The van der Waals surface area contributed by atoms with Crippen LogP contribution in [-0.4, -0.2) is 47.4 Å². The van der Waals surface area contributed by atoms with Crippen LogP contribution in [0.2, 0.25) is 0 Å². The van der Waals surface area contributed by atoms with Crippen LogP contribution in [0.3, 0.4) is 0 Å². The maximum atomic E-state index is 12.5. The molecular formula is C57H109NO5. The third-order valence-electron chi connectivity index (χ3n) is 13.0. The molecule has 63 heavy (non-hydrogen) atoms. The second-order valence-corrected chi connectivity index (χ2v) is 19.3. The highest BCUT2D eigenvalue weighted by molar-refractivity contribution is 5.76. The van der Waals surface area contributed by atoms with E-state index < -0.39 is 12.1 Å². The number of amides is 1. The zero-order valence-corrected chi connectivity index (χ0v) is 42.3. The first-order valence-corrected chi connectivity index (χ1v) is 28.1. The van der Waals surface area contributed by atoms with E-state index in [1.165, 1.54) is 218 Å². The van der Waals surface area contributed by atoms with Gasteiger partial charge >= 0.3 is 5.97 Å². The first kappa shape index (κ1) is 61.3. The molecule has 0 fully saturated rings. The van der Waals surface area contributed by atoms with Crippen LogP contribution in [0.5, 0.6) is 0 Å². The van der Waals surface area contributed by atoms with E-state index in [4.69, 9.17) is 4.74 Å². The number of aliphatic hydroxyl groups is 2. The largest absolute Gasteiger partial charge is 0.466 e. The van der Waals surface area contributed by atoms with Gasteiger partial charge in [0.1, 0.15) is 0 Å². The molecular weight excluding hydrogens is 779 g/mol. The van der Waals surface area contributed by atoms with Gasteiger partial charge in [0.2, 0.25) is 5.91 Å². The van der Waals surface area contributed by atoms with Gasteiger partial charge in [-0.2, -0.15) is 0 Å². The molecule has 0 aromatic carbocycles. The fourth-order valence-corrected chi connectivity index (χ4v) is 8.62. The Balaban J connectivity index is 3.50. The molecule has 6 heteroatoms. The van der Waals surface area contributed by atoms with E-state index in [1.807, 2.05) is 6.08 Å². The minimum atomic E-state index is -0.856. The fourth-order valence-electron chi connectivity index (χ4n) is 8.62. The van der Waals surface area contributed by atoms with Gasteiger partial charge in [-0.05, 0) is 51.4 Å². The first-order valence-electron chi connectivity index (χ1n) is 28.1. The topological polar surface area (TPSA) is 95.9 Å². The van der Waals surface area contributed by atoms with Crippen LogP contribution in [0.4, 0.5) is 0 Å². The highest BCUT2D eigenvalue weighted by Gasteiger charge is 2.18. The summed E-state index contributed by atoms with van der Waals surface area (Å²) in [5.41, 5.74) is 0. The number of allylic oxidation sites excluding steroid dienone is 3. The average molecular weight is 889 g/mol. The van der Waals surface area contributed by atoms with Crippen LogP contribution in [0, 0.1) is 0 Å². The van der Waals surface area contributed by atoms with Crippen molar-refractivity contribution in [3.8, 4) is 0 Å². The third kappa shape index (κ3) is 49.6. The van der Waals surface area contributed by atoms with E-state index in [2.05, 4.69) is 31.3 Å². The summed E-state index contributed by atoms with van der Waals surface area (Å²) in [6.45, 7) is 4.84. The van der Waals surface area contributed by atoms with Crippen LogP contribution in [-0.2, 0) is 14.3 Å². The van der Waals surface area contributed by atoms with Crippen LogP contribution >= 0.6 is 0 Å². The summed E-state index contributed by atoms with van der Waals surface area (Å²) >= 11 is 0. The molecule has 0 radical (unpaired) electrons. The summed E-state index contributed by atoms with van der Waals surface area (Å²) < 4.78 is 5.44. The van der Waals surface area contributed by atoms with Crippen molar-refractivity contribution in [1.29, 1.82) is 0 Å². The highest BCUT2D eigenvalue weighted by Crippen LogP contribution is 2.17. The number of hydrogen-bond donors (Lipinski definition) is 3. The van der Waals surface area contributed by atoms with Gasteiger partial charge in [-0.1, -0.05) is 263 Å². The van der Waals surface area contributed by atoms with Gasteiger partial charge < -0.3 is 20.3 Å². The summed E-state index contributed by atoms with van der Waals surface area (Å²) in [4.78, 5) is 24.5. The van der Waals surface area contributed by atoms with Crippen molar-refractivity contribution in [1.82, 2.24) is 5.32 Å². The Kier molecular flexibility index (Phi) is 51.6. The van der Waals surface area contributed by atoms with E-state index in [0.29, 0.717) is 19.4 Å². The van der Waals surface area contributed by atoms with Gasteiger partial charge in [-0.15, -0.1) is 0 Å². The summed E-state index contributed by atoms with van der Waals surface area (Å²) in [6.07, 6.45) is 63.3. The van der Waals surface area contributed by atoms with E-state index in [0.717, 1.165) is 57.8 Å². The van der Waals surface area contributed by atoms with Gasteiger partial charge in [0.25, 0.3) is 0 Å².